The zero-order valence-electron chi connectivity index (χ0n) is 20.2. The summed E-state index contributed by atoms with van der Waals surface area (Å²) in [5, 5.41) is 0. The van der Waals surface area contributed by atoms with E-state index in [1.165, 1.54) is 49.9 Å². The second-order valence-electron chi connectivity index (χ2n) is 10.3. The lowest BCUT2D eigenvalue weighted by Gasteiger charge is -2.48. The highest BCUT2D eigenvalue weighted by molar-refractivity contribution is 5.98. The Morgan fingerprint density at radius 2 is 1.84 bits per heavy atom. The van der Waals surface area contributed by atoms with Gasteiger partial charge >= 0.3 is 0 Å². The van der Waals surface area contributed by atoms with Crippen LogP contribution in [0.3, 0.4) is 0 Å². The first-order chi connectivity index (χ1) is 15.4. The van der Waals surface area contributed by atoms with Crippen LogP contribution in [-0.2, 0) is 10.3 Å². The molecule has 176 valence electrons. The van der Waals surface area contributed by atoms with Crippen molar-refractivity contribution >= 4 is 11.5 Å². The van der Waals surface area contributed by atoms with E-state index in [2.05, 4.69) is 48.9 Å². The van der Waals surface area contributed by atoms with Gasteiger partial charge in [0.15, 0.2) is 0 Å². The number of hydrogen-bond acceptors (Lipinski definition) is 4. The molecule has 0 bridgehead atoms. The van der Waals surface area contributed by atoms with Crippen LogP contribution in [0.2, 0.25) is 0 Å². The first-order valence-electron chi connectivity index (χ1n) is 12.6. The van der Waals surface area contributed by atoms with Crippen LogP contribution in [0.4, 0.5) is 0 Å². The van der Waals surface area contributed by atoms with Crippen molar-refractivity contribution in [1.29, 1.82) is 0 Å². The largest absolute Gasteiger partial charge is 0.369 e. The minimum absolute atomic E-state index is 0.328. The number of likely N-dealkylation sites (tertiary alicyclic amines) is 2. The Labute approximate surface area is 194 Å². The minimum Gasteiger partial charge on any atom is -0.369 e. The second kappa shape index (κ2) is 10.1. The number of rotatable bonds is 7. The van der Waals surface area contributed by atoms with Crippen LogP contribution < -0.4 is 5.73 Å². The van der Waals surface area contributed by atoms with E-state index in [1.807, 2.05) is 6.07 Å². The summed E-state index contributed by atoms with van der Waals surface area (Å²) in [6.07, 6.45) is 11.3. The summed E-state index contributed by atoms with van der Waals surface area (Å²) in [6, 6.07) is 7.14. The number of piperidine rings is 1. The van der Waals surface area contributed by atoms with Crippen LogP contribution in [0.15, 0.2) is 24.3 Å². The first kappa shape index (κ1) is 23.5. The number of allylic oxidation sites excluding steroid dienone is 2. The third-order valence-corrected chi connectivity index (χ3v) is 8.07. The lowest BCUT2D eigenvalue weighted by Crippen LogP contribution is -2.52. The predicted molar refractivity (Wildman–Crippen MR) is 131 cm³/mol. The fourth-order valence-electron chi connectivity index (χ4n) is 5.96. The van der Waals surface area contributed by atoms with E-state index in [9.17, 15) is 4.79 Å². The zero-order chi connectivity index (χ0) is 22.7. The highest BCUT2D eigenvalue weighted by atomic mass is 16.5. The molecule has 0 spiro atoms. The number of carbonyl (C=O) groups excluding carboxylic acids is 1. The van der Waals surface area contributed by atoms with Crippen molar-refractivity contribution in [2.45, 2.75) is 82.9 Å². The molecule has 1 aromatic carbocycles. The van der Waals surface area contributed by atoms with E-state index in [0.717, 1.165) is 44.4 Å². The van der Waals surface area contributed by atoms with Crippen molar-refractivity contribution in [1.82, 2.24) is 9.80 Å². The van der Waals surface area contributed by atoms with Gasteiger partial charge in [-0.1, -0.05) is 12.1 Å². The molecule has 2 fully saturated rings. The molecule has 3 aliphatic rings. The lowest BCUT2D eigenvalue weighted by atomic mass is 9.76. The predicted octanol–water partition coefficient (Wildman–Crippen LogP) is 4.55. The maximum atomic E-state index is 12.2. The van der Waals surface area contributed by atoms with E-state index in [1.54, 1.807) is 0 Å². The highest BCUT2D eigenvalue weighted by Crippen LogP contribution is 2.43. The zero-order valence-corrected chi connectivity index (χ0v) is 20.2. The molecule has 2 unspecified atom stereocenters. The summed E-state index contributed by atoms with van der Waals surface area (Å²) in [7, 11) is 2.22. The van der Waals surface area contributed by atoms with Crippen molar-refractivity contribution in [3.63, 3.8) is 0 Å². The molecule has 32 heavy (non-hydrogen) atoms. The highest BCUT2D eigenvalue weighted by Gasteiger charge is 2.43. The number of amides is 1. The molecule has 0 radical (unpaired) electrons. The van der Waals surface area contributed by atoms with Crippen molar-refractivity contribution in [2.24, 2.45) is 5.73 Å². The molecule has 5 nitrogen and oxygen atoms in total. The quantitative estimate of drug-likeness (QED) is 0.677. The Balaban J connectivity index is 1.68. The molecule has 1 amide bonds. The van der Waals surface area contributed by atoms with Gasteiger partial charge in [0.1, 0.15) is 0 Å². The van der Waals surface area contributed by atoms with Gasteiger partial charge in [0.2, 0.25) is 5.91 Å². The van der Waals surface area contributed by atoms with Crippen molar-refractivity contribution in [2.75, 3.05) is 33.3 Å². The average Bonchev–Trinajstić information content (AvgIpc) is 3.31. The van der Waals surface area contributed by atoms with Crippen LogP contribution in [0.1, 0.15) is 86.7 Å². The number of hydrogen-bond donors (Lipinski definition) is 1. The lowest BCUT2D eigenvalue weighted by molar-refractivity contribution is -0.117. The topological polar surface area (TPSA) is 58.8 Å². The fourth-order valence-corrected chi connectivity index (χ4v) is 5.96. The molecule has 0 saturated carbocycles. The molecular weight excluding hydrogens is 398 g/mol. The Kier molecular flexibility index (Phi) is 7.38. The first-order valence-corrected chi connectivity index (χ1v) is 12.6. The fraction of sp³-hybridized carbons (Fsp3) is 0.667. The molecule has 0 aromatic heterocycles. The third-order valence-electron chi connectivity index (χ3n) is 8.07. The number of benzene rings is 1. The summed E-state index contributed by atoms with van der Waals surface area (Å²) >= 11 is 0. The Bertz CT molecular complexity index is 831. The Morgan fingerprint density at radius 3 is 2.47 bits per heavy atom. The van der Waals surface area contributed by atoms with Crippen LogP contribution >= 0.6 is 0 Å². The summed E-state index contributed by atoms with van der Waals surface area (Å²) < 4.78 is 6.85. The second-order valence-corrected chi connectivity index (χ2v) is 10.3. The van der Waals surface area contributed by atoms with Gasteiger partial charge in [0.25, 0.3) is 0 Å². The van der Waals surface area contributed by atoms with Gasteiger partial charge < -0.3 is 20.3 Å². The maximum Gasteiger partial charge on any atom is 0.249 e. The van der Waals surface area contributed by atoms with Crippen molar-refractivity contribution in [3.8, 4) is 0 Å². The third kappa shape index (κ3) is 4.95. The summed E-state index contributed by atoms with van der Waals surface area (Å²) in [5.41, 5.74) is 9.60. The van der Waals surface area contributed by atoms with Gasteiger partial charge in [-0.05, 0) is 114 Å². The molecule has 2 heterocycles. The van der Waals surface area contributed by atoms with Gasteiger partial charge in [-0.15, -0.1) is 0 Å². The standard InChI is InChI=1S/C27H41N3O2/c1-20-18-27(19-21(2)29(20)3,32-16-15-30-13-7-8-14-30)23-11-12-24(26(28)31)25(17-23)22-9-5-4-6-10-22/h9,11-12,17,20-21H,4-8,10,13-16,18-19H2,1-3H3,(H2,28,31). The normalized spacial score (nSPS) is 29.8. The van der Waals surface area contributed by atoms with E-state index < -0.39 is 0 Å². The van der Waals surface area contributed by atoms with Gasteiger partial charge in [-0.3, -0.25) is 4.79 Å². The van der Waals surface area contributed by atoms with E-state index in [0.29, 0.717) is 17.6 Å². The molecule has 1 aromatic rings. The number of nitrogens with two attached hydrogens (primary N) is 1. The molecule has 5 heteroatoms. The van der Waals surface area contributed by atoms with Gasteiger partial charge in [0.05, 0.1) is 12.2 Å². The molecule has 4 rings (SSSR count). The molecule has 2 N–H and O–H groups in total. The Morgan fingerprint density at radius 1 is 1.12 bits per heavy atom. The van der Waals surface area contributed by atoms with Crippen LogP contribution in [-0.4, -0.2) is 61.1 Å². The van der Waals surface area contributed by atoms with Crippen molar-refractivity contribution < 1.29 is 9.53 Å². The van der Waals surface area contributed by atoms with E-state index in [-0.39, 0.29) is 11.5 Å². The van der Waals surface area contributed by atoms with Crippen molar-refractivity contribution in [3.05, 3.63) is 41.0 Å². The van der Waals surface area contributed by atoms with Gasteiger partial charge in [0, 0.05) is 24.2 Å². The molecule has 2 atom stereocenters. The SMILES string of the molecule is CC1CC(OCCN2CCCC2)(c2ccc(C(N)=O)c(C3=CCCCC3)c2)CC(C)N1C. The van der Waals surface area contributed by atoms with E-state index >= 15 is 0 Å². The summed E-state index contributed by atoms with van der Waals surface area (Å²) in [5.74, 6) is -0.341. The molecule has 1 aliphatic carbocycles. The molecular formula is C27H41N3O2. The van der Waals surface area contributed by atoms with Crippen LogP contribution in [0.25, 0.3) is 5.57 Å². The van der Waals surface area contributed by atoms with Crippen LogP contribution in [0.5, 0.6) is 0 Å². The summed E-state index contributed by atoms with van der Waals surface area (Å²) in [4.78, 5) is 17.2. The minimum atomic E-state index is -0.341. The number of nitrogens with zero attached hydrogens (tertiary/aromatic N) is 2. The molecule has 2 saturated heterocycles. The smallest absolute Gasteiger partial charge is 0.249 e. The van der Waals surface area contributed by atoms with Gasteiger partial charge in [-0.2, -0.15) is 0 Å². The number of carbonyl (C=O) groups is 1. The average molecular weight is 440 g/mol. The monoisotopic (exact) mass is 439 g/mol. The summed E-state index contributed by atoms with van der Waals surface area (Å²) in [6.45, 7) is 8.73. The van der Waals surface area contributed by atoms with E-state index in [4.69, 9.17) is 10.5 Å². The van der Waals surface area contributed by atoms with Crippen LogP contribution in [0, 0.1) is 0 Å². The number of ether oxygens (including phenoxy) is 1. The van der Waals surface area contributed by atoms with Gasteiger partial charge in [-0.25, -0.2) is 0 Å². The maximum absolute atomic E-state index is 12.2. The Hall–Kier alpha value is -1.69. The number of primary amides is 1. The molecule has 2 aliphatic heterocycles.